The van der Waals surface area contributed by atoms with E-state index in [9.17, 15) is 39.6 Å². The second kappa shape index (κ2) is 33.4. The Morgan fingerprint density at radius 1 is 0.444 bits per heavy atom. The monoisotopic (exact) mass is 1150 g/mol. The van der Waals surface area contributed by atoms with Gasteiger partial charge < -0.3 is 72.5 Å². The first-order valence-corrected chi connectivity index (χ1v) is 26.6. The molecule has 4 aliphatic heterocycles. The molecule has 0 aliphatic carbocycles. The smallest absolute Gasteiger partial charge is 0.544 e. The zero-order valence-electron chi connectivity index (χ0n) is 33.8. The average molecular weight is 1150 g/mol. The van der Waals surface area contributed by atoms with E-state index in [-0.39, 0.29) is 72.0 Å². The van der Waals surface area contributed by atoms with Crippen LogP contribution in [0.4, 0.5) is 0 Å². The molecule has 6 rings (SSSR count). The van der Waals surface area contributed by atoms with Crippen LogP contribution in [-0.4, -0.2) is 59.9 Å². The van der Waals surface area contributed by atoms with Gasteiger partial charge in [-0.1, -0.05) is 106 Å². The fourth-order valence-corrected chi connectivity index (χ4v) is 19.2. The summed E-state index contributed by atoms with van der Waals surface area (Å²) in [4.78, 5) is 42.8. The number of pyridine rings is 2. The number of aryl methyl sites for hydroxylation is 2. The van der Waals surface area contributed by atoms with Crippen LogP contribution in [0.1, 0.15) is 11.1 Å². The number of aliphatic carboxylic acids is 4. The van der Waals surface area contributed by atoms with Crippen LogP contribution in [-0.2, 0) is 74.7 Å². The van der Waals surface area contributed by atoms with Crippen LogP contribution in [0.2, 0.25) is 0 Å². The number of rotatable bonds is 10. The third-order valence-electron chi connectivity index (χ3n) is 6.56. The third kappa shape index (κ3) is 19.6. The molecule has 2 aromatic heterocycles. The van der Waals surface area contributed by atoms with Gasteiger partial charge in [-0.05, 0) is 36.1 Å². The molecule has 2 aromatic rings. The summed E-state index contributed by atoms with van der Waals surface area (Å²) in [6.45, 7) is 0. The van der Waals surface area contributed by atoms with Crippen LogP contribution in [0, 0.1) is 0 Å². The second-order valence-corrected chi connectivity index (χ2v) is 23.8. The molecule has 0 bridgehead atoms. The summed E-state index contributed by atoms with van der Waals surface area (Å²) < 4.78 is 11.8. The number of carbonyl (C=O) groups excluding carboxylic acids is 4. The summed E-state index contributed by atoms with van der Waals surface area (Å²) in [5.41, 5.74) is 2.43. The summed E-state index contributed by atoms with van der Waals surface area (Å²) in [5, 5.41) is 43.9. The maximum Gasteiger partial charge on any atom is 2.00 e. The van der Waals surface area contributed by atoms with Crippen LogP contribution in [0.25, 0.3) is 12.2 Å². The Bertz CT molecular complexity index is 1910. The number of aromatic nitrogens is 2. The maximum atomic E-state index is 11.0. The summed E-state index contributed by atoms with van der Waals surface area (Å²) in [6.07, 6.45) is 20.3. The van der Waals surface area contributed by atoms with E-state index in [1.54, 1.807) is 47.0 Å². The molecule has 0 atom stereocenters. The third-order valence-corrected chi connectivity index (χ3v) is 23.2. The van der Waals surface area contributed by atoms with Crippen LogP contribution in [0.5, 0.6) is 0 Å². The molecule has 16 nitrogen and oxygen atoms in total. The maximum absolute atomic E-state index is 11.0. The molecule has 4 aliphatic rings. The van der Waals surface area contributed by atoms with Crippen molar-refractivity contribution < 1.29 is 101 Å². The molecule has 0 saturated carbocycles. The van der Waals surface area contributed by atoms with Gasteiger partial charge in [0.05, 0.1) is 77.4 Å². The van der Waals surface area contributed by atoms with Crippen molar-refractivity contribution in [2.45, 2.75) is 0 Å². The zero-order valence-corrected chi connectivity index (χ0v) is 46.6. The molecule has 0 fully saturated rings. The Kier molecular flexibility index (Phi) is 36.4. The number of carboxylic acid groups (broad SMARTS) is 4. The molecule has 0 aromatic carbocycles. The van der Waals surface area contributed by atoms with Crippen molar-refractivity contribution in [3.05, 3.63) is 114 Å². The van der Waals surface area contributed by atoms with Gasteiger partial charge in [0, 0.05) is 24.3 Å². The molecule has 63 heavy (non-hydrogen) atoms. The van der Waals surface area contributed by atoms with Gasteiger partial charge in [-0.15, -0.1) is 47.0 Å². The molecule has 0 radical (unpaired) electrons. The van der Waals surface area contributed by atoms with Crippen molar-refractivity contribution >= 4 is 177 Å². The fraction of sp³-hybridized carbons (Fsp3) is 0.176. The Morgan fingerprint density at radius 2 is 0.635 bits per heavy atom. The summed E-state index contributed by atoms with van der Waals surface area (Å²) >= 11 is 16.3. The van der Waals surface area contributed by atoms with Crippen molar-refractivity contribution in [1.29, 1.82) is 0 Å². The molecule has 0 amide bonds. The van der Waals surface area contributed by atoms with Gasteiger partial charge in [0.2, 0.25) is 0 Å². The Balaban J connectivity index is -0.000000395. The van der Waals surface area contributed by atoms with Gasteiger partial charge >= 0.3 is 19.5 Å². The van der Waals surface area contributed by atoms with Crippen molar-refractivity contribution in [2.24, 2.45) is 14.1 Å². The van der Waals surface area contributed by atoms with E-state index < -0.39 is 23.9 Å². The summed E-state index contributed by atoms with van der Waals surface area (Å²) in [7, 11) is 4.04. The van der Waals surface area contributed by atoms with E-state index in [0.29, 0.717) is 8.47 Å². The Hall–Kier alpha value is -1.06. The standard InChI is InChI=1S/C14H16N2.2C10H8O4S6.6H2O.Zn/c1-15-9-5-13(6-10-15)3-4-14-7-11-16(2)12-8-14;2*1-15-7-8(16-2)20-10(19-7)9-17-3(5(11)12)4(18-9)6(13)14;;;;;;;/h3-12H,1-2H3;2*1-2H3,(H,11,12)(H,13,14);6*1H2;/q+2;;;;;;;;;+2/b4-3+;;;;;;;;;. The van der Waals surface area contributed by atoms with Crippen LogP contribution in [0.15, 0.2) is 103 Å². The summed E-state index contributed by atoms with van der Waals surface area (Å²) in [5.74, 6) is -5.91. The minimum Gasteiger partial charge on any atom is -0.544 e. The van der Waals surface area contributed by atoms with E-state index in [1.807, 2.05) is 73.0 Å². The number of nitrogens with zero attached hydrogens (tertiary/aromatic N) is 2. The first-order valence-electron chi connectivity index (χ1n) is 15.2. The SMILES string of the molecule is CSC1=C(SC)SC(=C2SC(C(=O)[O-])=C(C(=O)[O-])S2)S1.CSC1=C(SC)SC(=C2SC(C(=O)[O-])=C(C(=O)[O-])S2)S1.C[n+]1ccc(/C=C/c2cc[n+](C)cc2)cc1.O.O.[OH3+].[OH3+].[OH3+].[OH3+].[Zn+2]. The number of hydrogen-bond acceptors (Lipinski definition) is 20. The van der Waals surface area contributed by atoms with Crippen LogP contribution >= 0.6 is 141 Å². The Morgan fingerprint density at radius 3 is 0.810 bits per heavy atom. The van der Waals surface area contributed by atoms with Crippen LogP contribution < -0.4 is 29.6 Å². The summed E-state index contributed by atoms with van der Waals surface area (Å²) in [6, 6.07) is 8.39. The van der Waals surface area contributed by atoms with Gasteiger partial charge in [-0.2, -0.15) is 0 Å². The molecule has 0 unspecified atom stereocenters. The predicted molar refractivity (Wildman–Crippen MR) is 268 cm³/mol. The first-order chi connectivity index (χ1) is 26.7. The molecule has 0 saturated heterocycles. The number of carboxylic acids is 4. The minimum atomic E-state index is -1.48. The van der Waals surface area contributed by atoms with Crippen LogP contribution in [0.3, 0.4) is 0 Å². The molecule has 29 heteroatoms. The number of hydrogen-bond donors (Lipinski definition) is 0. The quantitative estimate of drug-likeness (QED) is 0.163. The van der Waals surface area contributed by atoms with E-state index in [0.717, 1.165) is 72.5 Å². The Labute approximate surface area is 426 Å². The minimum absolute atomic E-state index is 0. The van der Waals surface area contributed by atoms with E-state index in [4.69, 9.17) is 0 Å². The van der Waals surface area contributed by atoms with Crippen molar-refractivity contribution in [2.75, 3.05) is 25.0 Å². The molecule has 6 heterocycles. The van der Waals surface area contributed by atoms with E-state index in [2.05, 4.69) is 36.4 Å². The number of carbonyl (C=O) groups is 4. The van der Waals surface area contributed by atoms with Gasteiger partial charge in [-0.25, -0.2) is 9.13 Å². The zero-order chi connectivity index (χ0) is 41.1. The van der Waals surface area contributed by atoms with Gasteiger partial charge in [-0.3, -0.25) is 0 Å². The number of thioether (sulfide) groups is 12. The normalized spacial score (nSPS) is 15.0. The largest absolute Gasteiger partial charge is 2.00 e. The fourth-order valence-electron chi connectivity index (χ4n) is 3.95. The predicted octanol–water partition coefficient (Wildman–Crippen LogP) is -0.559. The molecular formula is C34H44N2O14S12Zn+4. The molecule has 344 valence electrons. The van der Waals surface area contributed by atoms with Crippen molar-refractivity contribution in [3.8, 4) is 0 Å². The van der Waals surface area contributed by atoms with Gasteiger partial charge in [0.25, 0.3) is 0 Å². The van der Waals surface area contributed by atoms with Crippen molar-refractivity contribution in [1.82, 2.24) is 0 Å². The first kappa shape index (κ1) is 68.5. The van der Waals surface area contributed by atoms with Gasteiger partial charge in [0.1, 0.15) is 14.1 Å². The van der Waals surface area contributed by atoms with Gasteiger partial charge in [0.15, 0.2) is 24.8 Å². The van der Waals surface area contributed by atoms with Crippen molar-refractivity contribution in [3.63, 3.8) is 0 Å². The molecular weight excluding hydrogens is 1110 g/mol. The average Bonchev–Trinajstić information content (AvgIpc) is 3.99. The molecule has 16 N–H and O–H groups in total. The second-order valence-electron chi connectivity index (χ2n) is 10.3. The topological polar surface area (TPSA) is 363 Å². The molecule has 0 spiro atoms. The van der Waals surface area contributed by atoms with E-state index >= 15 is 0 Å². The van der Waals surface area contributed by atoms with E-state index in [1.165, 1.54) is 58.2 Å².